The zero-order valence-electron chi connectivity index (χ0n) is 21.7. The molecule has 0 saturated carbocycles. The first-order chi connectivity index (χ1) is 14.3. The van der Waals surface area contributed by atoms with Crippen LogP contribution in [-0.2, 0) is 14.4 Å². The third kappa shape index (κ3) is 3.99. The number of rotatable bonds is 5. The molecular weight excluding hydrogens is 402 g/mol. The van der Waals surface area contributed by atoms with Crippen LogP contribution in [0.5, 0.6) is 5.75 Å². The molecule has 178 valence electrons. The van der Waals surface area contributed by atoms with E-state index in [1.54, 1.807) is 12.1 Å². The zero-order chi connectivity index (χ0) is 24.9. The maximum atomic E-state index is 13.8. The average Bonchev–Trinajstić information content (AvgIpc) is 2.95. The lowest BCUT2D eigenvalue weighted by atomic mass is 9.43. The van der Waals surface area contributed by atoms with Crippen LogP contribution in [0.3, 0.4) is 0 Å². The highest BCUT2D eigenvalue weighted by atomic mass is 16.5. The van der Waals surface area contributed by atoms with Gasteiger partial charge in [0.25, 0.3) is 0 Å². The predicted molar refractivity (Wildman–Crippen MR) is 127 cm³/mol. The van der Waals surface area contributed by atoms with Gasteiger partial charge in [-0.25, -0.2) is 0 Å². The lowest BCUT2D eigenvalue weighted by Crippen LogP contribution is -2.61. The van der Waals surface area contributed by atoms with Gasteiger partial charge < -0.3 is 4.74 Å². The van der Waals surface area contributed by atoms with Crippen molar-refractivity contribution < 1.29 is 19.1 Å². The molecule has 2 amide bonds. The van der Waals surface area contributed by atoms with Crippen LogP contribution in [0, 0.1) is 38.9 Å². The molecule has 1 saturated heterocycles. The minimum Gasteiger partial charge on any atom is -0.426 e. The monoisotopic (exact) mass is 443 g/mol. The predicted octanol–water partition coefficient (Wildman–Crippen LogP) is 5.63. The average molecular weight is 444 g/mol. The number of nitrogens with one attached hydrogen (secondary N) is 1. The summed E-state index contributed by atoms with van der Waals surface area (Å²) < 4.78 is 5.89. The fraction of sp³-hybridized carbons (Fsp3) is 0.667. The van der Waals surface area contributed by atoms with Gasteiger partial charge in [-0.3, -0.25) is 19.7 Å². The van der Waals surface area contributed by atoms with E-state index in [0.717, 1.165) is 0 Å². The molecule has 2 rings (SSSR count). The van der Waals surface area contributed by atoms with Gasteiger partial charge in [0.1, 0.15) is 5.75 Å². The van der Waals surface area contributed by atoms with E-state index in [-0.39, 0.29) is 17.8 Å². The summed E-state index contributed by atoms with van der Waals surface area (Å²) in [5.41, 5.74) is -3.31. The number of benzene rings is 1. The van der Waals surface area contributed by atoms with Crippen LogP contribution < -0.4 is 10.1 Å². The van der Waals surface area contributed by atoms with Crippen LogP contribution >= 0.6 is 0 Å². The molecule has 0 radical (unpaired) electrons. The SMILES string of the molecule is CC(C)(C)C1C(=O)NC(=O)C1C(C)(C)C(C)(C)C(C)(C(=O)Oc1ccccc1)C(C)(C)C. The summed E-state index contributed by atoms with van der Waals surface area (Å²) in [7, 11) is 0. The van der Waals surface area contributed by atoms with Crippen molar-refractivity contribution in [3.05, 3.63) is 30.3 Å². The molecule has 1 aliphatic heterocycles. The number of carbonyl (C=O) groups is 3. The molecule has 1 heterocycles. The fourth-order valence-corrected chi connectivity index (χ4v) is 5.45. The Bertz CT molecular complexity index is 886. The Hall–Kier alpha value is -2.17. The largest absolute Gasteiger partial charge is 0.426 e. The third-order valence-corrected chi connectivity index (χ3v) is 8.58. The number of carbonyl (C=O) groups excluding carboxylic acids is 3. The second kappa shape index (κ2) is 8.00. The Morgan fingerprint density at radius 1 is 0.781 bits per heavy atom. The van der Waals surface area contributed by atoms with Crippen molar-refractivity contribution in [2.45, 2.75) is 76.2 Å². The van der Waals surface area contributed by atoms with Crippen LogP contribution in [0.4, 0.5) is 0 Å². The molecule has 1 aromatic rings. The summed E-state index contributed by atoms with van der Waals surface area (Å²) in [6.45, 7) is 22.0. The lowest BCUT2D eigenvalue weighted by molar-refractivity contribution is -0.184. The van der Waals surface area contributed by atoms with Crippen molar-refractivity contribution in [1.82, 2.24) is 5.32 Å². The quantitative estimate of drug-likeness (QED) is 0.363. The Kier molecular flexibility index (Phi) is 6.52. The number of hydrogen-bond donors (Lipinski definition) is 1. The standard InChI is InChI=1S/C27H41NO4/c1-23(2,3)18-19(21(30)28-20(18)29)25(7,8)26(9,10)27(11,24(4,5)6)22(31)32-17-15-13-12-14-16-17/h12-16,18-19H,1-11H3,(H,28,29,30). The van der Waals surface area contributed by atoms with Crippen LogP contribution in [0.25, 0.3) is 0 Å². The molecule has 5 nitrogen and oxygen atoms in total. The minimum atomic E-state index is -0.978. The van der Waals surface area contributed by atoms with Gasteiger partial charge in [-0.1, -0.05) is 87.4 Å². The molecule has 3 atom stereocenters. The number of ether oxygens (including phenoxy) is 1. The molecule has 32 heavy (non-hydrogen) atoms. The van der Waals surface area contributed by atoms with E-state index < -0.39 is 38.9 Å². The lowest BCUT2D eigenvalue weighted by Gasteiger charge is -2.59. The first-order valence-corrected chi connectivity index (χ1v) is 11.4. The maximum Gasteiger partial charge on any atom is 0.318 e. The normalized spacial score (nSPS) is 22.3. The van der Waals surface area contributed by atoms with Gasteiger partial charge >= 0.3 is 5.97 Å². The van der Waals surface area contributed by atoms with Crippen LogP contribution in [0.15, 0.2) is 30.3 Å². The minimum absolute atomic E-state index is 0.235. The molecule has 0 spiro atoms. The van der Waals surface area contributed by atoms with Crippen molar-refractivity contribution in [3.8, 4) is 5.75 Å². The zero-order valence-corrected chi connectivity index (χ0v) is 21.7. The first-order valence-electron chi connectivity index (χ1n) is 11.4. The van der Waals surface area contributed by atoms with Crippen molar-refractivity contribution in [2.75, 3.05) is 0 Å². The topological polar surface area (TPSA) is 72.5 Å². The number of esters is 1. The van der Waals surface area contributed by atoms with Gasteiger partial charge in [0.2, 0.25) is 11.8 Å². The molecule has 1 N–H and O–H groups in total. The molecule has 1 aromatic carbocycles. The van der Waals surface area contributed by atoms with Crippen molar-refractivity contribution >= 4 is 17.8 Å². The Balaban J connectivity index is 2.63. The summed E-state index contributed by atoms with van der Waals surface area (Å²) in [5, 5.41) is 2.57. The number of hydrogen-bond acceptors (Lipinski definition) is 4. The third-order valence-electron chi connectivity index (χ3n) is 8.58. The van der Waals surface area contributed by atoms with Crippen molar-refractivity contribution in [1.29, 1.82) is 0 Å². The molecule has 5 heteroatoms. The molecule has 1 aliphatic rings. The molecule has 0 aliphatic carbocycles. The van der Waals surface area contributed by atoms with Crippen LogP contribution in [-0.4, -0.2) is 17.8 Å². The Morgan fingerprint density at radius 3 is 1.69 bits per heavy atom. The molecule has 1 fully saturated rings. The Morgan fingerprint density at radius 2 is 1.25 bits per heavy atom. The van der Waals surface area contributed by atoms with E-state index in [1.165, 1.54) is 0 Å². The van der Waals surface area contributed by atoms with Gasteiger partial charge in [-0.15, -0.1) is 0 Å². The van der Waals surface area contributed by atoms with Crippen molar-refractivity contribution in [2.24, 2.45) is 38.9 Å². The van der Waals surface area contributed by atoms with Gasteiger partial charge in [0, 0.05) is 0 Å². The van der Waals surface area contributed by atoms with Gasteiger partial charge in [-0.05, 0) is 40.7 Å². The van der Waals surface area contributed by atoms with E-state index >= 15 is 0 Å². The summed E-state index contributed by atoms with van der Waals surface area (Å²) in [4.78, 5) is 39.8. The van der Waals surface area contributed by atoms with Gasteiger partial charge in [0.15, 0.2) is 0 Å². The molecule has 0 bridgehead atoms. The second-order valence-corrected chi connectivity index (χ2v) is 12.6. The number of para-hydroxylation sites is 1. The van der Waals surface area contributed by atoms with E-state index in [2.05, 4.69) is 5.32 Å². The van der Waals surface area contributed by atoms with E-state index in [0.29, 0.717) is 5.75 Å². The first kappa shape index (κ1) is 26.1. The summed E-state index contributed by atoms with van der Waals surface area (Å²) in [6, 6.07) is 9.05. The van der Waals surface area contributed by atoms with Gasteiger partial charge in [-0.2, -0.15) is 0 Å². The molecule has 3 unspecified atom stereocenters. The maximum absolute atomic E-state index is 13.8. The highest BCUT2D eigenvalue weighted by Crippen LogP contribution is 2.64. The number of imide groups is 1. The van der Waals surface area contributed by atoms with Crippen LogP contribution in [0.2, 0.25) is 0 Å². The summed E-state index contributed by atoms with van der Waals surface area (Å²) in [6.07, 6.45) is 0. The van der Waals surface area contributed by atoms with Crippen molar-refractivity contribution in [3.63, 3.8) is 0 Å². The highest BCUT2D eigenvalue weighted by Gasteiger charge is 2.66. The number of amides is 2. The molecular formula is C27H41NO4. The second-order valence-electron chi connectivity index (χ2n) is 12.6. The highest BCUT2D eigenvalue weighted by molar-refractivity contribution is 6.06. The van der Waals surface area contributed by atoms with Gasteiger partial charge in [0.05, 0.1) is 17.3 Å². The molecule has 0 aromatic heterocycles. The summed E-state index contributed by atoms with van der Waals surface area (Å²) >= 11 is 0. The summed E-state index contributed by atoms with van der Waals surface area (Å²) in [5.74, 6) is -1.41. The van der Waals surface area contributed by atoms with E-state index in [4.69, 9.17) is 4.74 Å². The Labute approximate surface area is 193 Å². The van der Waals surface area contributed by atoms with Crippen LogP contribution in [0.1, 0.15) is 76.2 Å². The van der Waals surface area contributed by atoms with E-state index in [9.17, 15) is 14.4 Å². The smallest absolute Gasteiger partial charge is 0.318 e. The fourth-order valence-electron chi connectivity index (χ4n) is 5.45. The van der Waals surface area contributed by atoms with E-state index in [1.807, 2.05) is 94.4 Å².